The van der Waals surface area contributed by atoms with E-state index in [1.54, 1.807) is 23.7 Å². The van der Waals surface area contributed by atoms with Crippen molar-refractivity contribution in [3.63, 3.8) is 0 Å². The fourth-order valence-electron chi connectivity index (χ4n) is 1.18. The molecule has 0 saturated carbocycles. The van der Waals surface area contributed by atoms with Crippen molar-refractivity contribution in [3.05, 3.63) is 29.2 Å². The van der Waals surface area contributed by atoms with Gasteiger partial charge in [-0.2, -0.15) is 11.3 Å². The highest BCUT2D eigenvalue weighted by Gasteiger charge is 1.98. The van der Waals surface area contributed by atoms with Gasteiger partial charge in [-0.1, -0.05) is 0 Å². The van der Waals surface area contributed by atoms with Crippen molar-refractivity contribution in [3.8, 4) is 0 Å². The molecule has 0 saturated heterocycles. The van der Waals surface area contributed by atoms with E-state index in [0.29, 0.717) is 0 Å². The van der Waals surface area contributed by atoms with Crippen LogP contribution >= 0.6 is 11.3 Å². The van der Waals surface area contributed by atoms with Crippen LogP contribution in [-0.4, -0.2) is 16.5 Å². The zero-order valence-corrected chi connectivity index (χ0v) is 9.21. The van der Waals surface area contributed by atoms with Crippen molar-refractivity contribution in [2.45, 2.75) is 6.92 Å². The summed E-state index contributed by atoms with van der Waals surface area (Å²) in [4.78, 5) is 8.46. The molecule has 2 aromatic heterocycles. The Balaban J connectivity index is 2.11. The number of aromatic nitrogens is 2. The summed E-state index contributed by atoms with van der Waals surface area (Å²) in [5, 5.41) is 10.3. The van der Waals surface area contributed by atoms with E-state index >= 15 is 0 Å². The minimum absolute atomic E-state index is 0.756. The lowest BCUT2D eigenvalue weighted by molar-refractivity contribution is 1.12. The Morgan fingerprint density at radius 3 is 2.93 bits per heavy atom. The second-order valence-electron chi connectivity index (χ2n) is 2.96. The summed E-state index contributed by atoms with van der Waals surface area (Å²) in [6.45, 7) is 2.87. The quantitative estimate of drug-likeness (QED) is 0.831. The molecule has 2 N–H and O–H groups in total. The molecule has 0 unspecified atom stereocenters. The van der Waals surface area contributed by atoms with Crippen LogP contribution in [0.25, 0.3) is 0 Å². The van der Waals surface area contributed by atoms with Crippen LogP contribution in [0.2, 0.25) is 0 Å². The van der Waals surface area contributed by atoms with Gasteiger partial charge in [-0.15, -0.1) is 0 Å². The summed E-state index contributed by atoms with van der Waals surface area (Å²) in [7, 11) is 0. The molecule has 5 heteroatoms. The Hall–Kier alpha value is -1.62. The van der Waals surface area contributed by atoms with Crippen LogP contribution in [-0.2, 0) is 0 Å². The lowest BCUT2D eigenvalue weighted by atomic mass is 10.5. The van der Waals surface area contributed by atoms with Crippen LogP contribution in [0.3, 0.4) is 0 Å². The monoisotopic (exact) mass is 220 g/mol. The van der Waals surface area contributed by atoms with Crippen LogP contribution in [0.15, 0.2) is 29.2 Å². The molecular weight excluding hydrogens is 208 g/mol. The van der Waals surface area contributed by atoms with Gasteiger partial charge in [0.25, 0.3) is 0 Å². The highest BCUT2D eigenvalue weighted by atomic mass is 32.1. The normalized spacial score (nSPS) is 9.93. The van der Waals surface area contributed by atoms with E-state index in [9.17, 15) is 0 Å². The molecule has 0 aromatic carbocycles. The van der Waals surface area contributed by atoms with Crippen molar-refractivity contribution >= 4 is 28.7 Å². The van der Waals surface area contributed by atoms with E-state index in [1.165, 1.54) is 0 Å². The molecule has 2 heterocycles. The first-order valence-corrected chi connectivity index (χ1v) is 5.68. The highest BCUT2D eigenvalue weighted by Crippen LogP contribution is 2.17. The first-order chi connectivity index (χ1) is 7.38. The molecule has 4 nitrogen and oxygen atoms in total. The smallest absolute Gasteiger partial charge is 0.151 e. The minimum atomic E-state index is 0.756. The van der Waals surface area contributed by atoms with Crippen molar-refractivity contribution in [2.24, 2.45) is 0 Å². The molecule has 0 spiro atoms. The third-order valence-electron chi connectivity index (χ3n) is 1.79. The van der Waals surface area contributed by atoms with E-state index in [4.69, 9.17) is 0 Å². The maximum atomic E-state index is 4.36. The van der Waals surface area contributed by atoms with E-state index in [0.717, 1.165) is 23.9 Å². The topological polar surface area (TPSA) is 49.8 Å². The highest BCUT2D eigenvalue weighted by molar-refractivity contribution is 7.08. The minimum Gasteiger partial charge on any atom is -0.369 e. The SMILES string of the molecule is CCNc1cncc(Nc2ccsc2)n1. The molecule has 0 aliphatic carbocycles. The van der Waals surface area contributed by atoms with Gasteiger partial charge in [0.1, 0.15) is 5.82 Å². The van der Waals surface area contributed by atoms with Gasteiger partial charge >= 0.3 is 0 Å². The van der Waals surface area contributed by atoms with Gasteiger partial charge in [0.15, 0.2) is 5.82 Å². The first-order valence-electron chi connectivity index (χ1n) is 4.73. The van der Waals surface area contributed by atoms with Gasteiger partial charge in [-0.3, -0.25) is 4.98 Å². The Bertz CT molecular complexity index is 413. The van der Waals surface area contributed by atoms with Crippen LogP contribution in [0.5, 0.6) is 0 Å². The van der Waals surface area contributed by atoms with E-state index < -0.39 is 0 Å². The van der Waals surface area contributed by atoms with Gasteiger partial charge in [0.2, 0.25) is 0 Å². The fraction of sp³-hybridized carbons (Fsp3) is 0.200. The lowest BCUT2D eigenvalue weighted by Gasteiger charge is -2.05. The molecule has 0 aliphatic heterocycles. The number of nitrogens with one attached hydrogen (secondary N) is 2. The summed E-state index contributed by atoms with van der Waals surface area (Å²) in [5.74, 6) is 1.55. The number of hydrogen-bond donors (Lipinski definition) is 2. The molecule has 15 heavy (non-hydrogen) atoms. The van der Waals surface area contributed by atoms with Crippen LogP contribution in [0.1, 0.15) is 6.92 Å². The second-order valence-corrected chi connectivity index (χ2v) is 3.74. The molecule has 2 rings (SSSR count). The Morgan fingerprint density at radius 1 is 1.33 bits per heavy atom. The molecule has 0 bridgehead atoms. The van der Waals surface area contributed by atoms with Crippen LogP contribution in [0.4, 0.5) is 17.3 Å². The second kappa shape index (κ2) is 4.75. The zero-order valence-electron chi connectivity index (χ0n) is 8.40. The van der Waals surface area contributed by atoms with Crippen molar-refractivity contribution < 1.29 is 0 Å². The average molecular weight is 220 g/mol. The van der Waals surface area contributed by atoms with E-state index in [2.05, 4.69) is 20.6 Å². The van der Waals surface area contributed by atoms with Gasteiger partial charge in [-0.25, -0.2) is 4.98 Å². The Labute approximate surface area is 92.4 Å². The first kappa shape index (κ1) is 9.92. The molecule has 2 aromatic rings. The number of thiophene rings is 1. The summed E-state index contributed by atoms with van der Waals surface area (Å²) in [6, 6.07) is 2.01. The number of hydrogen-bond acceptors (Lipinski definition) is 5. The number of anilines is 3. The predicted octanol–water partition coefficient (Wildman–Crippen LogP) is 2.71. The molecule has 0 atom stereocenters. The molecule has 0 amide bonds. The average Bonchev–Trinajstić information content (AvgIpc) is 2.71. The van der Waals surface area contributed by atoms with Crippen molar-refractivity contribution in [1.29, 1.82) is 0 Å². The summed E-state index contributed by atoms with van der Waals surface area (Å²) < 4.78 is 0. The third-order valence-corrected chi connectivity index (χ3v) is 2.47. The van der Waals surface area contributed by atoms with Crippen LogP contribution < -0.4 is 10.6 Å². The van der Waals surface area contributed by atoms with Crippen LogP contribution in [0, 0.1) is 0 Å². The van der Waals surface area contributed by atoms with Crippen molar-refractivity contribution in [2.75, 3.05) is 17.2 Å². The summed E-state index contributed by atoms with van der Waals surface area (Å²) in [5.41, 5.74) is 1.04. The fourth-order valence-corrected chi connectivity index (χ4v) is 1.76. The van der Waals surface area contributed by atoms with Gasteiger partial charge < -0.3 is 10.6 Å². The molecule has 0 fully saturated rings. The molecule has 78 valence electrons. The van der Waals surface area contributed by atoms with E-state index in [-0.39, 0.29) is 0 Å². The van der Waals surface area contributed by atoms with Gasteiger partial charge in [-0.05, 0) is 18.4 Å². The maximum Gasteiger partial charge on any atom is 0.151 e. The summed E-state index contributed by atoms with van der Waals surface area (Å²) >= 11 is 1.65. The predicted molar refractivity (Wildman–Crippen MR) is 63.8 cm³/mol. The van der Waals surface area contributed by atoms with Gasteiger partial charge in [0.05, 0.1) is 18.1 Å². The summed E-state index contributed by atoms with van der Waals surface area (Å²) in [6.07, 6.45) is 3.42. The maximum absolute atomic E-state index is 4.36. The Kier molecular flexibility index (Phi) is 3.14. The molecular formula is C10H12N4S. The number of rotatable bonds is 4. The van der Waals surface area contributed by atoms with E-state index in [1.807, 2.05) is 23.8 Å². The lowest BCUT2D eigenvalue weighted by Crippen LogP contribution is -2.01. The Morgan fingerprint density at radius 2 is 2.20 bits per heavy atom. The standard InChI is InChI=1S/C10H12N4S/c1-2-12-9-5-11-6-10(14-9)13-8-3-4-15-7-8/h3-7H,2H2,1H3,(H2,12,13,14). The van der Waals surface area contributed by atoms with Crippen molar-refractivity contribution in [1.82, 2.24) is 9.97 Å². The zero-order chi connectivity index (χ0) is 10.5. The molecule has 0 radical (unpaired) electrons. The third kappa shape index (κ3) is 2.66. The molecule has 0 aliphatic rings. The van der Waals surface area contributed by atoms with Gasteiger partial charge in [0, 0.05) is 11.9 Å². The largest absolute Gasteiger partial charge is 0.369 e. The number of nitrogens with zero attached hydrogens (tertiary/aromatic N) is 2.